The van der Waals surface area contributed by atoms with Crippen LogP contribution >= 0.6 is 15.9 Å². The fourth-order valence-electron chi connectivity index (χ4n) is 3.32. The molecule has 6 heteroatoms. The minimum atomic E-state index is -0.293. The lowest BCUT2D eigenvalue weighted by Crippen LogP contribution is -2.29. The summed E-state index contributed by atoms with van der Waals surface area (Å²) in [6, 6.07) is 11.0. The SMILES string of the molecule is Cc1cc(Br)cc(C)c1OCC(=O)Nc1ccccc1C(=O)N1CCCC1. The summed E-state index contributed by atoms with van der Waals surface area (Å²) in [4.78, 5) is 26.9. The van der Waals surface area contributed by atoms with Crippen LogP contribution in [0.1, 0.15) is 34.3 Å². The molecular formula is C21H23BrN2O3. The van der Waals surface area contributed by atoms with Crippen molar-refractivity contribution >= 4 is 33.4 Å². The highest BCUT2D eigenvalue weighted by Crippen LogP contribution is 2.27. The second kappa shape index (κ2) is 8.57. The lowest BCUT2D eigenvalue weighted by Gasteiger charge is -2.18. The van der Waals surface area contributed by atoms with Gasteiger partial charge >= 0.3 is 0 Å². The van der Waals surface area contributed by atoms with E-state index in [-0.39, 0.29) is 18.4 Å². The summed E-state index contributed by atoms with van der Waals surface area (Å²) in [5.41, 5.74) is 2.95. The lowest BCUT2D eigenvalue weighted by molar-refractivity contribution is -0.118. The van der Waals surface area contributed by atoms with Crippen LogP contribution in [0.15, 0.2) is 40.9 Å². The summed E-state index contributed by atoms with van der Waals surface area (Å²) in [7, 11) is 0. The van der Waals surface area contributed by atoms with Gasteiger partial charge in [0.15, 0.2) is 6.61 Å². The first kappa shape index (κ1) is 19.4. The van der Waals surface area contributed by atoms with E-state index >= 15 is 0 Å². The molecule has 0 bridgehead atoms. The highest BCUT2D eigenvalue weighted by molar-refractivity contribution is 9.10. The van der Waals surface area contributed by atoms with Gasteiger partial charge in [0.2, 0.25) is 0 Å². The van der Waals surface area contributed by atoms with Crippen LogP contribution in [0.4, 0.5) is 5.69 Å². The van der Waals surface area contributed by atoms with E-state index in [4.69, 9.17) is 4.74 Å². The summed E-state index contributed by atoms with van der Waals surface area (Å²) in [5.74, 6) is 0.372. The minimum Gasteiger partial charge on any atom is -0.483 e. The van der Waals surface area contributed by atoms with Crippen molar-refractivity contribution in [2.24, 2.45) is 0 Å². The fraction of sp³-hybridized carbons (Fsp3) is 0.333. The zero-order valence-electron chi connectivity index (χ0n) is 15.5. The van der Waals surface area contributed by atoms with Gasteiger partial charge in [0.05, 0.1) is 11.3 Å². The molecular weight excluding hydrogens is 408 g/mol. The molecule has 142 valence electrons. The predicted molar refractivity (Wildman–Crippen MR) is 109 cm³/mol. The standard InChI is InChI=1S/C21H23BrN2O3/c1-14-11-16(22)12-15(2)20(14)27-13-19(25)23-18-8-4-3-7-17(18)21(26)24-9-5-6-10-24/h3-4,7-8,11-12H,5-6,9-10,13H2,1-2H3,(H,23,25). The summed E-state index contributed by atoms with van der Waals surface area (Å²) < 4.78 is 6.70. The van der Waals surface area contributed by atoms with Crippen molar-refractivity contribution in [3.8, 4) is 5.75 Å². The molecule has 0 unspecified atom stereocenters. The number of rotatable bonds is 5. The number of benzene rings is 2. The first-order valence-electron chi connectivity index (χ1n) is 9.03. The molecule has 3 rings (SSSR count). The molecule has 27 heavy (non-hydrogen) atoms. The number of halogens is 1. The van der Waals surface area contributed by atoms with Gasteiger partial charge in [-0.15, -0.1) is 0 Å². The quantitative estimate of drug-likeness (QED) is 0.767. The van der Waals surface area contributed by atoms with Crippen molar-refractivity contribution in [3.63, 3.8) is 0 Å². The molecule has 1 fully saturated rings. The first-order chi connectivity index (χ1) is 13.0. The Morgan fingerprint density at radius 3 is 2.41 bits per heavy atom. The molecule has 1 aliphatic rings. The Labute approximate surface area is 167 Å². The highest BCUT2D eigenvalue weighted by atomic mass is 79.9. The third-order valence-electron chi connectivity index (χ3n) is 4.60. The number of carbonyl (C=O) groups excluding carboxylic acids is 2. The Hall–Kier alpha value is -2.34. The number of aryl methyl sites for hydroxylation is 2. The van der Waals surface area contributed by atoms with Crippen molar-refractivity contribution in [1.82, 2.24) is 4.90 Å². The number of hydrogen-bond acceptors (Lipinski definition) is 3. The van der Waals surface area contributed by atoms with Crippen LogP contribution in [0, 0.1) is 13.8 Å². The van der Waals surface area contributed by atoms with Crippen molar-refractivity contribution in [2.75, 3.05) is 25.0 Å². The summed E-state index contributed by atoms with van der Waals surface area (Å²) in [6.45, 7) is 5.30. The molecule has 1 heterocycles. The number of likely N-dealkylation sites (tertiary alicyclic amines) is 1. The molecule has 1 N–H and O–H groups in total. The predicted octanol–water partition coefficient (Wildman–Crippen LogP) is 4.32. The normalized spacial score (nSPS) is 13.5. The molecule has 1 saturated heterocycles. The molecule has 0 spiro atoms. The van der Waals surface area contributed by atoms with Gasteiger partial charge in [0, 0.05) is 17.6 Å². The van der Waals surface area contributed by atoms with Crippen molar-refractivity contribution < 1.29 is 14.3 Å². The molecule has 2 amide bonds. The molecule has 0 atom stereocenters. The van der Waals surface area contributed by atoms with Crippen molar-refractivity contribution in [1.29, 1.82) is 0 Å². The maximum atomic E-state index is 12.7. The maximum Gasteiger partial charge on any atom is 0.262 e. The summed E-state index contributed by atoms with van der Waals surface area (Å²) in [6.07, 6.45) is 2.06. The van der Waals surface area contributed by atoms with E-state index in [9.17, 15) is 9.59 Å². The Morgan fingerprint density at radius 1 is 1.11 bits per heavy atom. The van der Waals surface area contributed by atoms with E-state index in [1.54, 1.807) is 18.2 Å². The number of para-hydroxylation sites is 1. The van der Waals surface area contributed by atoms with Gasteiger partial charge in [0.25, 0.3) is 11.8 Å². The van der Waals surface area contributed by atoms with E-state index < -0.39 is 0 Å². The second-order valence-electron chi connectivity index (χ2n) is 6.75. The number of nitrogens with zero attached hydrogens (tertiary/aromatic N) is 1. The average molecular weight is 431 g/mol. The van der Waals surface area contributed by atoms with Crippen LogP contribution in [-0.4, -0.2) is 36.4 Å². The van der Waals surface area contributed by atoms with E-state index in [1.807, 2.05) is 36.9 Å². The third kappa shape index (κ3) is 4.69. The second-order valence-corrected chi connectivity index (χ2v) is 7.67. The van der Waals surface area contributed by atoms with E-state index in [0.717, 1.165) is 41.5 Å². The Kier molecular flexibility index (Phi) is 6.16. The molecule has 0 radical (unpaired) electrons. The van der Waals surface area contributed by atoms with Crippen LogP contribution < -0.4 is 10.1 Å². The van der Waals surface area contributed by atoms with Crippen LogP contribution in [-0.2, 0) is 4.79 Å². The molecule has 5 nitrogen and oxygen atoms in total. The van der Waals surface area contributed by atoms with Gasteiger partial charge in [0.1, 0.15) is 5.75 Å². The molecule has 0 aliphatic carbocycles. The van der Waals surface area contributed by atoms with E-state index in [0.29, 0.717) is 17.0 Å². The van der Waals surface area contributed by atoms with E-state index in [2.05, 4.69) is 21.2 Å². The van der Waals surface area contributed by atoms with Gasteiger partial charge in [-0.2, -0.15) is 0 Å². The van der Waals surface area contributed by atoms with Gasteiger partial charge in [-0.1, -0.05) is 28.1 Å². The number of hydrogen-bond donors (Lipinski definition) is 1. The average Bonchev–Trinajstić information content (AvgIpc) is 3.15. The zero-order chi connectivity index (χ0) is 19.4. The van der Waals surface area contributed by atoms with Crippen molar-refractivity contribution in [3.05, 3.63) is 57.6 Å². The monoisotopic (exact) mass is 430 g/mol. The van der Waals surface area contributed by atoms with Gasteiger partial charge in [-0.3, -0.25) is 9.59 Å². The zero-order valence-corrected chi connectivity index (χ0v) is 17.1. The number of ether oxygens (including phenoxy) is 1. The molecule has 0 aromatic heterocycles. The van der Waals surface area contributed by atoms with Gasteiger partial charge < -0.3 is 15.0 Å². The lowest BCUT2D eigenvalue weighted by atomic mass is 10.1. The maximum absolute atomic E-state index is 12.7. The first-order valence-corrected chi connectivity index (χ1v) is 9.82. The van der Waals surface area contributed by atoms with Gasteiger partial charge in [-0.05, 0) is 62.1 Å². The number of carbonyl (C=O) groups is 2. The number of anilines is 1. The Bertz CT molecular complexity index is 837. The Morgan fingerprint density at radius 2 is 1.74 bits per heavy atom. The largest absolute Gasteiger partial charge is 0.483 e. The van der Waals surface area contributed by atoms with Crippen LogP contribution in [0.5, 0.6) is 5.75 Å². The summed E-state index contributed by atoms with van der Waals surface area (Å²) >= 11 is 3.45. The van der Waals surface area contributed by atoms with Crippen molar-refractivity contribution in [2.45, 2.75) is 26.7 Å². The highest BCUT2D eigenvalue weighted by Gasteiger charge is 2.22. The topological polar surface area (TPSA) is 58.6 Å². The molecule has 1 aliphatic heterocycles. The number of amides is 2. The molecule has 2 aromatic rings. The van der Waals surface area contributed by atoms with Crippen LogP contribution in [0.2, 0.25) is 0 Å². The Balaban J connectivity index is 1.67. The fourth-order valence-corrected chi connectivity index (χ4v) is 4.01. The van der Waals surface area contributed by atoms with Crippen LogP contribution in [0.3, 0.4) is 0 Å². The van der Waals surface area contributed by atoms with E-state index in [1.165, 1.54) is 0 Å². The number of nitrogens with one attached hydrogen (secondary N) is 1. The molecule has 0 saturated carbocycles. The minimum absolute atomic E-state index is 0.0380. The smallest absolute Gasteiger partial charge is 0.262 e. The molecule has 2 aromatic carbocycles. The van der Waals surface area contributed by atoms with Gasteiger partial charge in [-0.25, -0.2) is 0 Å². The summed E-state index contributed by atoms with van der Waals surface area (Å²) in [5, 5.41) is 2.81. The van der Waals surface area contributed by atoms with Crippen LogP contribution in [0.25, 0.3) is 0 Å². The third-order valence-corrected chi connectivity index (χ3v) is 5.06.